The maximum Gasteiger partial charge on any atom is 0.423 e. The molecule has 1 atom stereocenters. The van der Waals surface area contributed by atoms with Crippen molar-refractivity contribution in [3.8, 4) is 11.1 Å². The van der Waals surface area contributed by atoms with Crippen LogP contribution >= 0.6 is 0 Å². The number of hydrogen-bond donors (Lipinski definition) is 1. The summed E-state index contributed by atoms with van der Waals surface area (Å²) in [5, 5.41) is 18.1. The predicted molar refractivity (Wildman–Crippen MR) is 112 cm³/mol. The molecule has 4 aromatic rings. The summed E-state index contributed by atoms with van der Waals surface area (Å²) in [6, 6.07) is 12.0. The number of nitrogens with zero attached hydrogens (tertiary/aromatic N) is 3. The van der Waals surface area contributed by atoms with Gasteiger partial charge in [0.25, 0.3) is 0 Å². The van der Waals surface area contributed by atoms with Crippen LogP contribution in [0, 0.1) is 12.7 Å². The van der Waals surface area contributed by atoms with Gasteiger partial charge in [0.15, 0.2) is 0 Å². The highest BCUT2D eigenvalue weighted by Gasteiger charge is 2.56. The number of hydrogen-bond acceptors (Lipinski definition) is 5. The Morgan fingerprint density at radius 1 is 1.12 bits per heavy atom. The van der Waals surface area contributed by atoms with Crippen molar-refractivity contribution in [2.24, 2.45) is 0 Å². The van der Waals surface area contributed by atoms with Gasteiger partial charge in [0.05, 0.1) is 12.2 Å². The second-order valence-corrected chi connectivity index (χ2v) is 7.71. The summed E-state index contributed by atoms with van der Waals surface area (Å²) in [6.45, 7) is 2.64. The van der Waals surface area contributed by atoms with Gasteiger partial charge in [-0.15, -0.1) is 5.10 Å². The summed E-state index contributed by atoms with van der Waals surface area (Å²) in [5.41, 5.74) is -2.42. The lowest BCUT2D eigenvalue weighted by Crippen LogP contribution is -2.42. The first-order chi connectivity index (χ1) is 15.5. The first-order valence-electron chi connectivity index (χ1n) is 10.1. The zero-order valence-electron chi connectivity index (χ0n) is 17.7. The van der Waals surface area contributed by atoms with E-state index in [0.717, 1.165) is 0 Å². The molecule has 0 aliphatic rings. The van der Waals surface area contributed by atoms with Crippen LogP contribution in [0.5, 0.6) is 0 Å². The lowest BCUT2D eigenvalue weighted by atomic mass is 9.94. The Kier molecular flexibility index (Phi) is 5.57. The average Bonchev–Trinajstić information content (AvgIpc) is 3.12. The Morgan fingerprint density at radius 3 is 2.55 bits per heavy atom. The number of benzene rings is 2. The van der Waals surface area contributed by atoms with E-state index in [4.69, 9.17) is 4.42 Å². The molecule has 2 aromatic carbocycles. The van der Waals surface area contributed by atoms with E-state index in [1.165, 1.54) is 42.8 Å². The number of fused-ring (bicyclic) bond motifs is 1. The van der Waals surface area contributed by atoms with Crippen molar-refractivity contribution in [3.05, 3.63) is 81.7 Å². The van der Waals surface area contributed by atoms with Gasteiger partial charge in [-0.3, -0.25) is 0 Å². The van der Waals surface area contributed by atoms with Crippen molar-refractivity contribution in [2.75, 3.05) is 0 Å². The molecule has 0 spiro atoms. The van der Waals surface area contributed by atoms with Gasteiger partial charge in [-0.05, 0) is 48.2 Å². The zero-order chi connectivity index (χ0) is 24.0. The third-order valence-electron chi connectivity index (χ3n) is 5.63. The maximum absolute atomic E-state index is 13.7. The fraction of sp³-hybridized carbons (Fsp3) is 0.261. The highest BCUT2D eigenvalue weighted by Crippen LogP contribution is 2.41. The molecule has 0 saturated carbocycles. The quantitative estimate of drug-likeness (QED) is 0.344. The van der Waals surface area contributed by atoms with Crippen LogP contribution in [0.25, 0.3) is 22.1 Å². The highest BCUT2D eigenvalue weighted by molar-refractivity contribution is 5.93. The second-order valence-electron chi connectivity index (χ2n) is 7.71. The van der Waals surface area contributed by atoms with Crippen LogP contribution in [0.2, 0.25) is 0 Å². The van der Waals surface area contributed by atoms with Gasteiger partial charge in [0.1, 0.15) is 17.1 Å². The summed E-state index contributed by atoms with van der Waals surface area (Å²) >= 11 is 0. The van der Waals surface area contributed by atoms with Gasteiger partial charge in [-0.1, -0.05) is 36.4 Å². The van der Waals surface area contributed by atoms with Crippen molar-refractivity contribution >= 4 is 11.0 Å². The number of alkyl halides is 3. The largest absolute Gasteiger partial charge is 0.423 e. The topological polar surface area (TPSA) is 81.2 Å². The number of aromatic nitrogens is 3. The third-order valence-corrected chi connectivity index (χ3v) is 5.63. The van der Waals surface area contributed by atoms with Crippen molar-refractivity contribution < 1.29 is 27.1 Å². The Hall–Kier alpha value is -3.53. The van der Waals surface area contributed by atoms with Gasteiger partial charge < -0.3 is 9.52 Å². The fourth-order valence-corrected chi connectivity index (χ4v) is 3.77. The lowest BCUT2D eigenvalue weighted by Gasteiger charge is -2.27. The SMILES string of the molecule is CCC(O)(c1nnn(Cc2ccc3c(-c4cccc(F)c4)cc(=O)oc3c2)c1C)C(F)(F)F. The number of rotatable bonds is 5. The standard InChI is InChI=1S/C23H19F4N3O3/c1-3-22(32,23(25,26)27)21-13(2)30(29-28-21)12-14-7-8-17-18(11-20(31)33-19(17)9-14)15-5-4-6-16(24)10-15/h4-11,32H,3,12H2,1-2H3. The summed E-state index contributed by atoms with van der Waals surface area (Å²) in [5.74, 6) is -0.450. The molecule has 4 rings (SSSR count). The van der Waals surface area contributed by atoms with Gasteiger partial charge in [0, 0.05) is 11.5 Å². The van der Waals surface area contributed by atoms with Gasteiger partial charge in [-0.2, -0.15) is 13.2 Å². The van der Waals surface area contributed by atoms with Crippen LogP contribution in [0.1, 0.15) is 30.3 Å². The molecule has 2 aromatic heterocycles. The molecule has 0 radical (unpaired) electrons. The van der Waals surface area contributed by atoms with E-state index < -0.39 is 35.3 Å². The smallest absolute Gasteiger partial charge is 0.423 e. The Balaban J connectivity index is 1.73. The normalized spacial score (nSPS) is 13.9. The number of halogens is 4. The molecule has 6 nitrogen and oxygen atoms in total. The molecule has 33 heavy (non-hydrogen) atoms. The van der Waals surface area contributed by atoms with E-state index in [9.17, 15) is 27.5 Å². The van der Waals surface area contributed by atoms with E-state index in [2.05, 4.69) is 10.3 Å². The monoisotopic (exact) mass is 461 g/mol. The predicted octanol–water partition coefficient (Wildman–Crippen LogP) is 4.71. The van der Waals surface area contributed by atoms with Crippen LogP contribution in [0.4, 0.5) is 17.6 Å². The van der Waals surface area contributed by atoms with Crippen LogP contribution < -0.4 is 5.63 Å². The molecule has 0 aliphatic heterocycles. The summed E-state index contributed by atoms with van der Waals surface area (Å²) < 4.78 is 60.5. The van der Waals surface area contributed by atoms with Crippen molar-refractivity contribution in [1.29, 1.82) is 0 Å². The van der Waals surface area contributed by atoms with Crippen molar-refractivity contribution in [3.63, 3.8) is 0 Å². The molecule has 0 amide bonds. The van der Waals surface area contributed by atoms with E-state index in [-0.39, 0.29) is 17.8 Å². The maximum atomic E-state index is 13.7. The summed E-state index contributed by atoms with van der Waals surface area (Å²) in [6.07, 6.45) is -5.52. The molecule has 1 N–H and O–H groups in total. The first kappa shape index (κ1) is 22.7. The van der Waals surface area contributed by atoms with Crippen LogP contribution in [0.15, 0.2) is 57.7 Å². The minimum absolute atomic E-state index is 0.0281. The van der Waals surface area contributed by atoms with Gasteiger partial charge in [-0.25, -0.2) is 13.9 Å². The van der Waals surface area contributed by atoms with Gasteiger partial charge in [0.2, 0.25) is 5.60 Å². The van der Waals surface area contributed by atoms with Crippen LogP contribution in [-0.4, -0.2) is 26.3 Å². The molecule has 172 valence electrons. The highest BCUT2D eigenvalue weighted by atomic mass is 19.4. The minimum Gasteiger partial charge on any atom is -0.423 e. The van der Waals surface area contributed by atoms with Crippen LogP contribution in [0.3, 0.4) is 0 Å². The second kappa shape index (κ2) is 8.11. The zero-order valence-corrected chi connectivity index (χ0v) is 17.7. The van der Waals surface area contributed by atoms with Gasteiger partial charge >= 0.3 is 11.8 Å². The summed E-state index contributed by atoms with van der Waals surface area (Å²) in [7, 11) is 0. The first-order valence-corrected chi connectivity index (χ1v) is 10.1. The number of aliphatic hydroxyl groups is 1. The molecule has 10 heteroatoms. The average molecular weight is 461 g/mol. The lowest BCUT2D eigenvalue weighted by molar-refractivity contribution is -0.269. The van der Waals surface area contributed by atoms with Crippen molar-refractivity contribution in [1.82, 2.24) is 15.0 Å². The Labute approximate surface area is 185 Å². The van der Waals surface area contributed by atoms with E-state index in [1.54, 1.807) is 24.3 Å². The van der Waals surface area contributed by atoms with E-state index in [1.807, 2.05) is 0 Å². The molecular formula is C23H19F4N3O3. The molecule has 0 fully saturated rings. The van der Waals surface area contributed by atoms with Crippen LogP contribution in [-0.2, 0) is 12.1 Å². The minimum atomic E-state index is -4.91. The van der Waals surface area contributed by atoms with E-state index in [0.29, 0.717) is 22.1 Å². The van der Waals surface area contributed by atoms with E-state index >= 15 is 0 Å². The molecule has 0 aliphatic carbocycles. The molecule has 1 unspecified atom stereocenters. The fourth-order valence-electron chi connectivity index (χ4n) is 3.77. The molecule has 2 heterocycles. The van der Waals surface area contributed by atoms with Crippen molar-refractivity contribution in [2.45, 2.75) is 38.6 Å². The Morgan fingerprint density at radius 2 is 1.88 bits per heavy atom. The molecule has 0 bridgehead atoms. The summed E-state index contributed by atoms with van der Waals surface area (Å²) in [4.78, 5) is 12.1. The Bertz CT molecular complexity index is 1390. The third kappa shape index (κ3) is 4.02. The molecular weight excluding hydrogens is 442 g/mol. The molecule has 0 saturated heterocycles.